The molecule has 0 atom stereocenters. The van der Waals surface area contributed by atoms with Crippen LogP contribution in [-0.2, 0) is 17.5 Å². The van der Waals surface area contributed by atoms with Crippen LogP contribution in [0.3, 0.4) is 0 Å². The summed E-state index contributed by atoms with van der Waals surface area (Å²) in [6.45, 7) is 4.20. The predicted octanol–water partition coefficient (Wildman–Crippen LogP) is 3.63. The van der Waals surface area contributed by atoms with Crippen molar-refractivity contribution in [2.45, 2.75) is 19.6 Å². The Morgan fingerprint density at radius 2 is 1.67 bits per heavy atom. The molecule has 0 aromatic heterocycles. The van der Waals surface area contributed by atoms with Crippen molar-refractivity contribution in [1.82, 2.24) is 9.80 Å². The van der Waals surface area contributed by atoms with E-state index in [1.807, 2.05) is 0 Å². The third-order valence-electron chi connectivity index (χ3n) is 5.02. The Bertz CT molecular complexity index is 889. The fourth-order valence-corrected chi connectivity index (χ4v) is 3.25. The minimum atomic E-state index is -4.33. The standard InChI is InChI=1S/C22H23F3N2O3/c1-16(28)18-3-2-4-20(13-18)30-15-21(29)27-11-9-26(10-12-27)14-17-5-7-19(8-6-17)22(23,24)25/h2-8,13H,9-12,14-15H2,1H3. The minimum Gasteiger partial charge on any atom is -0.484 e. The van der Waals surface area contributed by atoms with Crippen LogP contribution < -0.4 is 4.74 Å². The molecule has 0 saturated carbocycles. The maximum atomic E-state index is 12.7. The average molecular weight is 420 g/mol. The molecule has 1 saturated heterocycles. The number of piperazine rings is 1. The lowest BCUT2D eigenvalue weighted by atomic mass is 10.1. The molecule has 0 unspecified atom stereocenters. The minimum absolute atomic E-state index is 0.0732. The first-order valence-corrected chi connectivity index (χ1v) is 9.62. The van der Waals surface area contributed by atoms with E-state index in [0.717, 1.165) is 17.7 Å². The summed E-state index contributed by atoms with van der Waals surface area (Å²) in [5.41, 5.74) is 0.670. The number of amides is 1. The van der Waals surface area contributed by atoms with E-state index >= 15 is 0 Å². The van der Waals surface area contributed by atoms with Gasteiger partial charge in [-0.1, -0.05) is 24.3 Å². The molecule has 5 nitrogen and oxygen atoms in total. The second-order valence-corrected chi connectivity index (χ2v) is 7.22. The smallest absolute Gasteiger partial charge is 0.416 e. The Morgan fingerprint density at radius 3 is 2.27 bits per heavy atom. The van der Waals surface area contributed by atoms with Gasteiger partial charge in [0.15, 0.2) is 12.4 Å². The van der Waals surface area contributed by atoms with Crippen molar-refractivity contribution in [3.63, 3.8) is 0 Å². The van der Waals surface area contributed by atoms with Gasteiger partial charge in [0.2, 0.25) is 0 Å². The second kappa shape index (κ2) is 9.30. The summed E-state index contributed by atoms with van der Waals surface area (Å²) in [4.78, 5) is 27.6. The van der Waals surface area contributed by atoms with Gasteiger partial charge < -0.3 is 9.64 Å². The summed E-state index contributed by atoms with van der Waals surface area (Å²) < 4.78 is 43.5. The molecular formula is C22H23F3N2O3. The average Bonchev–Trinajstić information content (AvgIpc) is 2.72. The lowest BCUT2D eigenvalue weighted by molar-refractivity contribution is -0.137. The number of rotatable bonds is 6. The van der Waals surface area contributed by atoms with E-state index in [-0.39, 0.29) is 18.3 Å². The van der Waals surface area contributed by atoms with Crippen LogP contribution in [0.1, 0.15) is 28.4 Å². The summed E-state index contributed by atoms with van der Waals surface area (Å²) in [5.74, 6) is 0.255. The molecular weight excluding hydrogens is 397 g/mol. The van der Waals surface area contributed by atoms with E-state index in [1.54, 1.807) is 29.2 Å². The number of carbonyl (C=O) groups excluding carboxylic acids is 2. The fraction of sp³-hybridized carbons (Fsp3) is 0.364. The number of hydrogen-bond acceptors (Lipinski definition) is 4. The number of hydrogen-bond donors (Lipinski definition) is 0. The SMILES string of the molecule is CC(=O)c1cccc(OCC(=O)N2CCN(Cc3ccc(C(F)(F)F)cc3)CC2)c1. The fourth-order valence-electron chi connectivity index (χ4n) is 3.25. The first-order valence-electron chi connectivity index (χ1n) is 9.62. The highest BCUT2D eigenvalue weighted by atomic mass is 19.4. The number of ketones is 1. The first kappa shape index (κ1) is 21.8. The van der Waals surface area contributed by atoms with Crippen molar-refractivity contribution >= 4 is 11.7 Å². The first-order chi connectivity index (χ1) is 14.2. The number of alkyl halides is 3. The van der Waals surface area contributed by atoms with Crippen molar-refractivity contribution < 1.29 is 27.5 Å². The van der Waals surface area contributed by atoms with Crippen molar-refractivity contribution in [3.8, 4) is 5.75 Å². The van der Waals surface area contributed by atoms with Gasteiger partial charge in [0, 0.05) is 38.3 Å². The molecule has 2 aromatic carbocycles. The van der Waals surface area contributed by atoms with Crippen molar-refractivity contribution in [3.05, 3.63) is 65.2 Å². The molecule has 0 bridgehead atoms. The topological polar surface area (TPSA) is 49.9 Å². The van der Waals surface area contributed by atoms with E-state index in [9.17, 15) is 22.8 Å². The predicted molar refractivity (Wildman–Crippen MR) is 105 cm³/mol. The van der Waals surface area contributed by atoms with E-state index in [4.69, 9.17) is 4.74 Å². The van der Waals surface area contributed by atoms with E-state index in [1.165, 1.54) is 19.1 Å². The van der Waals surface area contributed by atoms with Gasteiger partial charge in [-0.25, -0.2) is 0 Å². The largest absolute Gasteiger partial charge is 0.484 e. The quantitative estimate of drug-likeness (QED) is 0.670. The third kappa shape index (κ3) is 5.82. The molecule has 0 radical (unpaired) electrons. The molecule has 1 amide bonds. The van der Waals surface area contributed by atoms with Gasteiger partial charge in [-0.05, 0) is 36.8 Å². The Morgan fingerprint density at radius 1 is 1.00 bits per heavy atom. The highest BCUT2D eigenvalue weighted by Crippen LogP contribution is 2.29. The van der Waals surface area contributed by atoms with Gasteiger partial charge in [-0.2, -0.15) is 13.2 Å². The van der Waals surface area contributed by atoms with Gasteiger partial charge in [0.05, 0.1) is 5.56 Å². The van der Waals surface area contributed by atoms with Crippen LogP contribution >= 0.6 is 0 Å². The van der Waals surface area contributed by atoms with E-state index < -0.39 is 11.7 Å². The molecule has 1 aliphatic rings. The van der Waals surface area contributed by atoms with E-state index in [2.05, 4.69) is 4.90 Å². The molecule has 1 aliphatic heterocycles. The highest BCUT2D eigenvalue weighted by Gasteiger charge is 2.30. The van der Waals surface area contributed by atoms with Crippen LogP contribution in [0.25, 0.3) is 0 Å². The Hall–Kier alpha value is -2.87. The molecule has 160 valence electrons. The van der Waals surface area contributed by atoms with Gasteiger partial charge in [-0.15, -0.1) is 0 Å². The van der Waals surface area contributed by atoms with Crippen LogP contribution in [0.15, 0.2) is 48.5 Å². The number of Topliss-reactive ketones (excluding diaryl/α,β-unsaturated/α-hetero) is 1. The van der Waals surface area contributed by atoms with Gasteiger partial charge in [0.25, 0.3) is 5.91 Å². The van der Waals surface area contributed by atoms with Crippen molar-refractivity contribution in [2.75, 3.05) is 32.8 Å². The summed E-state index contributed by atoms with van der Waals surface area (Å²) >= 11 is 0. The number of ether oxygens (including phenoxy) is 1. The second-order valence-electron chi connectivity index (χ2n) is 7.22. The summed E-state index contributed by atoms with van der Waals surface area (Å²) in [5, 5.41) is 0. The van der Waals surface area contributed by atoms with Crippen LogP contribution in [0, 0.1) is 0 Å². The molecule has 0 aliphatic carbocycles. The summed E-state index contributed by atoms with van der Waals surface area (Å²) in [6.07, 6.45) is -4.33. The zero-order valence-corrected chi connectivity index (χ0v) is 16.6. The van der Waals surface area contributed by atoms with Gasteiger partial charge in [0.1, 0.15) is 5.75 Å². The maximum absolute atomic E-state index is 12.7. The molecule has 1 heterocycles. The zero-order valence-electron chi connectivity index (χ0n) is 16.6. The lowest BCUT2D eigenvalue weighted by Crippen LogP contribution is -2.49. The van der Waals surface area contributed by atoms with Crippen LogP contribution in [0.2, 0.25) is 0 Å². The van der Waals surface area contributed by atoms with Gasteiger partial charge >= 0.3 is 6.18 Å². The Labute approximate surface area is 173 Å². The number of nitrogens with zero attached hydrogens (tertiary/aromatic N) is 2. The van der Waals surface area contributed by atoms with E-state index in [0.29, 0.717) is 44.0 Å². The van der Waals surface area contributed by atoms with Crippen LogP contribution in [0.5, 0.6) is 5.75 Å². The number of carbonyl (C=O) groups is 2. The maximum Gasteiger partial charge on any atom is 0.416 e. The Kier molecular flexibility index (Phi) is 6.77. The normalized spacial score (nSPS) is 15.1. The van der Waals surface area contributed by atoms with Crippen LogP contribution in [0.4, 0.5) is 13.2 Å². The molecule has 30 heavy (non-hydrogen) atoms. The Balaban J connectivity index is 1.45. The zero-order chi connectivity index (χ0) is 21.7. The van der Waals surface area contributed by atoms with Crippen LogP contribution in [-0.4, -0.2) is 54.3 Å². The van der Waals surface area contributed by atoms with Gasteiger partial charge in [-0.3, -0.25) is 14.5 Å². The van der Waals surface area contributed by atoms with Crippen molar-refractivity contribution in [1.29, 1.82) is 0 Å². The molecule has 0 spiro atoms. The summed E-state index contributed by atoms with van der Waals surface area (Å²) in [6, 6.07) is 11.9. The van der Waals surface area contributed by atoms with Crippen molar-refractivity contribution in [2.24, 2.45) is 0 Å². The third-order valence-corrected chi connectivity index (χ3v) is 5.02. The number of benzene rings is 2. The molecule has 0 N–H and O–H groups in total. The lowest BCUT2D eigenvalue weighted by Gasteiger charge is -2.34. The summed E-state index contributed by atoms with van der Waals surface area (Å²) in [7, 11) is 0. The molecule has 3 rings (SSSR count). The highest BCUT2D eigenvalue weighted by molar-refractivity contribution is 5.94. The number of halogens is 3. The molecule has 1 fully saturated rings. The molecule has 2 aromatic rings. The monoisotopic (exact) mass is 420 g/mol. The molecule has 8 heteroatoms.